The molecule has 0 radical (unpaired) electrons. The maximum Gasteiger partial charge on any atom is 0.401 e. The number of halogens is 3. The van der Waals surface area contributed by atoms with E-state index in [4.69, 9.17) is 4.74 Å². The number of hydrogen-bond acceptors (Lipinski definition) is 3. The van der Waals surface area contributed by atoms with Gasteiger partial charge in [0.2, 0.25) is 5.91 Å². The van der Waals surface area contributed by atoms with Crippen molar-refractivity contribution in [2.75, 3.05) is 32.8 Å². The summed E-state index contributed by atoms with van der Waals surface area (Å²) in [5, 5.41) is 4.59. The summed E-state index contributed by atoms with van der Waals surface area (Å²) in [6.07, 6.45) is -4.28. The number of ether oxygens (including phenoxy) is 1. The zero-order valence-electron chi connectivity index (χ0n) is 8.99. The molecule has 2 N–H and O–H groups in total. The number of rotatable bonds is 5. The quantitative estimate of drug-likeness (QED) is 0.726. The lowest BCUT2D eigenvalue weighted by molar-refractivity contribution is -0.130. The lowest BCUT2D eigenvalue weighted by Gasteiger charge is -2.38. The topological polar surface area (TPSA) is 50.4 Å². The van der Waals surface area contributed by atoms with Crippen molar-refractivity contribution in [3.8, 4) is 0 Å². The van der Waals surface area contributed by atoms with E-state index in [1.165, 1.54) is 0 Å². The van der Waals surface area contributed by atoms with Crippen LogP contribution < -0.4 is 10.6 Å². The summed E-state index contributed by atoms with van der Waals surface area (Å²) in [4.78, 5) is 11.1. The highest BCUT2D eigenvalue weighted by molar-refractivity contribution is 5.78. The molecule has 1 aliphatic rings. The van der Waals surface area contributed by atoms with Crippen LogP contribution in [0.25, 0.3) is 0 Å². The Morgan fingerprint density at radius 2 is 2.06 bits per heavy atom. The Kier molecular flexibility index (Phi) is 4.15. The molecule has 1 fully saturated rings. The number of carbonyl (C=O) groups excluding carboxylic acids is 1. The van der Waals surface area contributed by atoms with E-state index in [9.17, 15) is 18.0 Å². The average molecular weight is 240 g/mol. The van der Waals surface area contributed by atoms with Gasteiger partial charge in [-0.15, -0.1) is 0 Å². The van der Waals surface area contributed by atoms with Crippen molar-refractivity contribution in [3.63, 3.8) is 0 Å². The second kappa shape index (κ2) is 5.01. The molecule has 4 nitrogen and oxygen atoms in total. The van der Waals surface area contributed by atoms with Crippen molar-refractivity contribution in [3.05, 3.63) is 0 Å². The third-order valence-electron chi connectivity index (χ3n) is 2.22. The molecule has 1 rings (SSSR count). The standard InChI is InChI=1S/C9H15F3N2O2/c1-8(5-16-6-8)3-14-7(15)2-13-4-9(10,11)12/h13H,2-6H2,1H3,(H,14,15). The molecule has 0 spiro atoms. The Hall–Kier alpha value is -0.820. The Morgan fingerprint density at radius 3 is 2.50 bits per heavy atom. The summed E-state index contributed by atoms with van der Waals surface area (Å²) in [7, 11) is 0. The largest absolute Gasteiger partial charge is 0.401 e. The first-order valence-electron chi connectivity index (χ1n) is 4.93. The smallest absolute Gasteiger partial charge is 0.380 e. The second-order valence-electron chi connectivity index (χ2n) is 4.30. The number of amides is 1. The zero-order valence-corrected chi connectivity index (χ0v) is 8.99. The molecule has 7 heteroatoms. The molecule has 1 heterocycles. The van der Waals surface area contributed by atoms with Crippen LogP contribution >= 0.6 is 0 Å². The van der Waals surface area contributed by atoms with Gasteiger partial charge in [0, 0.05) is 12.0 Å². The molecule has 0 bridgehead atoms. The molecular formula is C9H15F3N2O2. The lowest BCUT2D eigenvalue weighted by Crippen LogP contribution is -2.50. The van der Waals surface area contributed by atoms with E-state index in [0.717, 1.165) is 0 Å². The summed E-state index contributed by atoms with van der Waals surface area (Å²) in [6, 6.07) is 0. The third-order valence-corrected chi connectivity index (χ3v) is 2.22. The number of nitrogens with one attached hydrogen (secondary N) is 2. The molecular weight excluding hydrogens is 225 g/mol. The van der Waals surface area contributed by atoms with Crippen LogP contribution in [-0.2, 0) is 9.53 Å². The molecule has 1 amide bonds. The summed E-state index contributed by atoms with van der Waals surface area (Å²) in [5.74, 6) is -0.433. The van der Waals surface area contributed by atoms with Crippen LogP contribution in [0.3, 0.4) is 0 Å². The first-order valence-corrected chi connectivity index (χ1v) is 4.93. The Balaban J connectivity index is 2.07. The molecule has 1 aliphatic heterocycles. The minimum absolute atomic E-state index is 0.0698. The van der Waals surface area contributed by atoms with Gasteiger partial charge in [-0.3, -0.25) is 4.79 Å². The van der Waals surface area contributed by atoms with Gasteiger partial charge >= 0.3 is 6.18 Å². The van der Waals surface area contributed by atoms with Crippen LogP contribution in [0.5, 0.6) is 0 Å². The first-order chi connectivity index (χ1) is 7.31. The van der Waals surface area contributed by atoms with Crippen LogP contribution in [0.2, 0.25) is 0 Å². The Labute approximate surface area is 91.5 Å². The maximum absolute atomic E-state index is 11.7. The molecule has 16 heavy (non-hydrogen) atoms. The molecule has 0 saturated carbocycles. The van der Waals surface area contributed by atoms with Gasteiger partial charge in [0.05, 0.1) is 26.3 Å². The van der Waals surface area contributed by atoms with E-state index in [0.29, 0.717) is 19.8 Å². The summed E-state index contributed by atoms with van der Waals surface area (Å²) < 4.78 is 40.2. The predicted octanol–water partition coefficient (Wildman–Crippen LogP) is 0.291. The van der Waals surface area contributed by atoms with Gasteiger partial charge in [-0.25, -0.2) is 0 Å². The number of carbonyl (C=O) groups is 1. The van der Waals surface area contributed by atoms with Crippen LogP contribution in [0, 0.1) is 5.41 Å². The Bertz CT molecular complexity index is 252. The van der Waals surface area contributed by atoms with E-state index in [1.54, 1.807) is 0 Å². The highest BCUT2D eigenvalue weighted by atomic mass is 19.4. The van der Waals surface area contributed by atoms with E-state index < -0.39 is 18.6 Å². The van der Waals surface area contributed by atoms with Crippen molar-refractivity contribution in [1.82, 2.24) is 10.6 Å². The van der Waals surface area contributed by atoms with E-state index in [2.05, 4.69) is 5.32 Å². The summed E-state index contributed by atoms with van der Waals surface area (Å²) in [6.45, 7) is 2.04. The molecule has 94 valence electrons. The van der Waals surface area contributed by atoms with E-state index >= 15 is 0 Å². The maximum atomic E-state index is 11.7. The predicted molar refractivity (Wildman–Crippen MR) is 50.9 cm³/mol. The van der Waals surface area contributed by atoms with Gasteiger partial charge in [0.15, 0.2) is 0 Å². The van der Waals surface area contributed by atoms with Crippen molar-refractivity contribution in [2.45, 2.75) is 13.1 Å². The number of alkyl halides is 3. The van der Waals surface area contributed by atoms with E-state index in [1.807, 2.05) is 12.2 Å². The fourth-order valence-corrected chi connectivity index (χ4v) is 1.24. The fraction of sp³-hybridized carbons (Fsp3) is 0.889. The molecule has 0 atom stereocenters. The van der Waals surface area contributed by atoms with Gasteiger partial charge in [0.1, 0.15) is 0 Å². The number of hydrogen-bond donors (Lipinski definition) is 2. The molecule has 1 saturated heterocycles. The monoisotopic (exact) mass is 240 g/mol. The second-order valence-corrected chi connectivity index (χ2v) is 4.30. The molecule has 0 unspecified atom stereocenters. The molecule has 0 aromatic carbocycles. The van der Waals surface area contributed by atoms with Gasteiger partial charge in [-0.2, -0.15) is 13.2 Å². The van der Waals surface area contributed by atoms with E-state index in [-0.39, 0.29) is 12.0 Å². The van der Waals surface area contributed by atoms with Crippen molar-refractivity contribution >= 4 is 5.91 Å². The van der Waals surface area contributed by atoms with Crippen LogP contribution in [-0.4, -0.2) is 44.9 Å². The SMILES string of the molecule is CC1(CNC(=O)CNCC(F)(F)F)COC1. The lowest BCUT2D eigenvalue weighted by atomic mass is 9.89. The van der Waals surface area contributed by atoms with Crippen LogP contribution in [0.15, 0.2) is 0 Å². The fourth-order valence-electron chi connectivity index (χ4n) is 1.24. The van der Waals surface area contributed by atoms with Gasteiger partial charge in [-0.05, 0) is 0 Å². The summed E-state index contributed by atoms with van der Waals surface area (Å²) in [5.41, 5.74) is -0.0698. The van der Waals surface area contributed by atoms with Crippen LogP contribution in [0.1, 0.15) is 6.92 Å². The summed E-state index contributed by atoms with van der Waals surface area (Å²) >= 11 is 0. The normalized spacial score (nSPS) is 19.0. The first kappa shape index (κ1) is 13.2. The van der Waals surface area contributed by atoms with Crippen molar-refractivity contribution < 1.29 is 22.7 Å². The van der Waals surface area contributed by atoms with Crippen molar-refractivity contribution in [1.29, 1.82) is 0 Å². The van der Waals surface area contributed by atoms with Gasteiger partial charge in [0.25, 0.3) is 0 Å². The van der Waals surface area contributed by atoms with Gasteiger partial charge in [-0.1, -0.05) is 6.92 Å². The van der Waals surface area contributed by atoms with Gasteiger partial charge < -0.3 is 15.4 Å². The average Bonchev–Trinajstić information content (AvgIpc) is 2.09. The third kappa shape index (κ3) is 4.80. The molecule has 0 aromatic heterocycles. The highest BCUT2D eigenvalue weighted by Crippen LogP contribution is 2.24. The molecule has 0 aliphatic carbocycles. The highest BCUT2D eigenvalue weighted by Gasteiger charge is 2.33. The minimum Gasteiger partial charge on any atom is -0.380 e. The van der Waals surface area contributed by atoms with Crippen LogP contribution in [0.4, 0.5) is 13.2 Å². The van der Waals surface area contributed by atoms with Crippen molar-refractivity contribution in [2.24, 2.45) is 5.41 Å². The minimum atomic E-state index is -4.28. The Morgan fingerprint density at radius 1 is 1.44 bits per heavy atom. The molecule has 0 aromatic rings. The zero-order chi connectivity index (χ0) is 12.2.